The Morgan fingerprint density at radius 1 is 0.767 bits per heavy atom. The Kier molecular flexibility index (Phi) is 7.36. The van der Waals surface area contributed by atoms with Gasteiger partial charge in [0.25, 0.3) is 0 Å². The fourth-order valence-electron chi connectivity index (χ4n) is 6.29. The maximum absolute atomic E-state index is 14.9. The molecule has 0 radical (unpaired) electrons. The van der Waals surface area contributed by atoms with E-state index in [1.807, 2.05) is 13.0 Å². The van der Waals surface area contributed by atoms with Gasteiger partial charge in [0.05, 0.1) is 6.10 Å². The highest BCUT2D eigenvalue weighted by Gasteiger charge is 2.31. The molecule has 0 bridgehead atoms. The first kappa shape index (κ1) is 22.1. The van der Waals surface area contributed by atoms with Gasteiger partial charge in [0.15, 0.2) is 11.6 Å². The molecule has 2 aliphatic carbocycles. The molecule has 1 atom stereocenters. The fourth-order valence-corrected chi connectivity index (χ4v) is 6.29. The molecular formula is C27H40F2O. The maximum Gasteiger partial charge on any atom is 0.201 e. The molecule has 0 aromatic heterocycles. The van der Waals surface area contributed by atoms with Gasteiger partial charge in [-0.25, -0.2) is 4.39 Å². The third kappa shape index (κ3) is 4.86. The van der Waals surface area contributed by atoms with Crippen LogP contribution in [0.25, 0.3) is 0 Å². The van der Waals surface area contributed by atoms with Gasteiger partial charge < -0.3 is 4.74 Å². The van der Waals surface area contributed by atoms with Crippen molar-refractivity contribution in [3.8, 4) is 5.75 Å². The minimum atomic E-state index is -0.745. The number of hydrogen-bond acceptors (Lipinski definition) is 1. The molecule has 168 valence electrons. The zero-order valence-electron chi connectivity index (χ0n) is 19.0. The van der Waals surface area contributed by atoms with Gasteiger partial charge in [-0.1, -0.05) is 58.8 Å². The first-order valence-electron chi connectivity index (χ1n) is 12.8. The van der Waals surface area contributed by atoms with Crippen LogP contribution in [0.3, 0.4) is 0 Å². The van der Waals surface area contributed by atoms with Crippen LogP contribution in [0.5, 0.6) is 5.75 Å². The van der Waals surface area contributed by atoms with E-state index in [9.17, 15) is 8.78 Å². The molecule has 1 aliphatic heterocycles. The average Bonchev–Trinajstić information content (AvgIpc) is 2.80. The Labute approximate surface area is 182 Å². The molecule has 1 aromatic carbocycles. The minimum absolute atomic E-state index is 0.0183. The lowest BCUT2D eigenvalue weighted by Gasteiger charge is -2.33. The average molecular weight is 419 g/mol. The predicted molar refractivity (Wildman–Crippen MR) is 119 cm³/mol. The molecule has 30 heavy (non-hydrogen) atoms. The molecule has 2 fully saturated rings. The molecule has 1 aromatic rings. The van der Waals surface area contributed by atoms with E-state index in [-0.39, 0.29) is 17.8 Å². The monoisotopic (exact) mass is 418 g/mol. The van der Waals surface area contributed by atoms with Crippen molar-refractivity contribution < 1.29 is 13.5 Å². The van der Waals surface area contributed by atoms with E-state index >= 15 is 0 Å². The summed E-state index contributed by atoms with van der Waals surface area (Å²) in [6.07, 6.45) is 16.7. The summed E-state index contributed by atoms with van der Waals surface area (Å²) in [5.74, 6) is 1.65. The van der Waals surface area contributed by atoms with Crippen molar-refractivity contribution in [3.63, 3.8) is 0 Å². The van der Waals surface area contributed by atoms with Crippen LogP contribution in [0, 0.1) is 29.4 Å². The third-order valence-electron chi connectivity index (χ3n) is 8.56. The molecule has 0 N–H and O–H groups in total. The molecule has 3 heteroatoms. The number of ether oxygens (including phenoxy) is 1. The Hall–Kier alpha value is -1.12. The van der Waals surface area contributed by atoms with Crippen molar-refractivity contribution in [3.05, 3.63) is 28.8 Å². The number of rotatable bonds is 6. The van der Waals surface area contributed by atoms with Crippen molar-refractivity contribution in [2.45, 2.75) is 116 Å². The van der Waals surface area contributed by atoms with Crippen LogP contribution in [0.1, 0.15) is 114 Å². The van der Waals surface area contributed by atoms with Gasteiger partial charge in [-0.05, 0) is 85.8 Å². The summed E-state index contributed by atoms with van der Waals surface area (Å²) in [6.45, 7) is 4.36. The molecule has 2 saturated carbocycles. The second-order valence-electron chi connectivity index (χ2n) is 10.4. The SMILES string of the molecule is CCC1CCC(CCC2CCC(c3cc4c(c(F)c3F)OC(CC)CC4)CC2)CC1. The van der Waals surface area contributed by atoms with Crippen LogP contribution in [0.4, 0.5) is 8.78 Å². The summed E-state index contributed by atoms with van der Waals surface area (Å²) in [5.41, 5.74) is 1.49. The van der Waals surface area contributed by atoms with Crippen molar-refractivity contribution in [1.82, 2.24) is 0 Å². The van der Waals surface area contributed by atoms with E-state index in [1.165, 1.54) is 57.8 Å². The minimum Gasteiger partial charge on any atom is -0.487 e. The zero-order valence-corrected chi connectivity index (χ0v) is 19.0. The molecule has 3 aliphatic rings. The summed E-state index contributed by atoms with van der Waals surface area (Å²) >= 11 is 0. The second kappa shape index (κ2) is 10.0. The van der Waals surface area contributed by atoms with Gasteiger partial charge in [-0.3, -0.25) is 0 Å². The maximum atomic E-state index is 14.9. The molecule has 1 unspecified atom stereocenters. The lowest BCUT2D eigenvalue weighted by atomic mass is 9.74. The lowest BCUT2D eigenvalue weighted by molar-refractivity contribution is 0.158. The Balaban J connectivity index is 1.31. The van der Waals surface area contributed by atoms with Crippen LogP contribution in [-0.2, 0) is 6.42 Å². The predicted octanol–water partition coefficient (Wildman–Crippen LogP) is 8.34. The van der Waals surface area contributed by atoms with Gasteiger partial charge in [-0.15, -0.1) is 0 Å². The highest BCUT2D eigenvalue weighted by atomic mass is 19.2. The van der Waals surface area contributed by atoms with Crippen LogP contribution in [0.15, 0.2) is 6.07 Å². The summed E-state index contributed by atoms with van der Waals surface area (Å²) in [4.78, 5) is 0. The lowest BCUT2D eigenvalue weighted by Crippen LogP contribution is -2.24. The van der Waals surface area contributed by atoms with E-state index in [4.69, 9.17) is 4.74 Å². The highest BCUT2D eigenvalue weighted by molar-refractivity contribution is 5.42. The van der Waals surface area contributed by atoms with Gasteiger partial charge >= 0.3 is 0 Å². The molecule has 0 amide bonds. The zero-order chi connectivity index (χ0) is 21.1. The summed E-state index contributed by atoms with van der Waals surface area (Å²) in [6, 6.07) is 1.93. The van der Waals surface area contributed by atoms with E-state index < -0.39 is 11.6 Å². The summed E-state index contributed by atoms with van der Waals surface area (Å²) in [7, 11) is 0. The first-order valence-corrected chi connectivity index (χ1v) is 12.8. The normalized spacial score (nSPS) is 31.8. The quantitative estimate of drug-likeness (QED) is 0.451. The van der Waals surface area contributed by atoms with Crippen LogP contribution >= 0.6 is 0 Å². The van der Waals surface area contributed by atoms with Gasteiger partial charge in [0.2, 0.25) is 5.82 Å². The van der Waals surface area contributed by atoms with E-state index in [2.05, 4.69) is 6.92 Å². The standard InChI is InChI=1S/C27H40F2O/c1-3-18-5-7-19(8-6-18)9-10-20-11-13-21(14-12-20)24-17-22-15-16-23(4-2)30-27(22)26(29)25(24)28/h17-21,23H,3-16H2,1-2H3. The smallest absolute Gasteiger partial charge is 0.201 e. The van der Waals surface area contributed by atoms with Crippen LogP contribution in [0.2, 0.25) is 0 Å². The number of benzene rings is 1. The number of aryl methyl sites for hydroxylation is 1. The molecule has 1 nitrogen and oxygen atoms in total. The number of fused-ring (bicyclic) bond motifs is 1. The molecule has 0 spiro atoms. The van der Waals surface area contributed by atoms with E-state index in [0.717, 1.165) is 55.4 Å². The fraction of sp³-hybridized carbons (Fsp3) is 0.778. The molecule has 1 heterocycles. The van der Waals surface area contributed by atoms with Crippen molar-refractivity contribution in [2.75, 3.05) is 0 Å². The number of hydrogen-bond donors (Lipinski definition) is 0. The van der Waals surface area contributed by atoms with Crippen molar-refractivity contribution in [1.29, 1.82) is 0 Å². The Morgan fingerprint density at radius 3 is 1.97 bits per heavy atom. The van der Waals surface area contributed by atoms with Gasteiger partial charge in [0, 0.05) is 0 Å². The van der Waals surface area contributed by atoms with Crippen LogP contribution < -0.4 is 4.74 Å². The number of halogens is 2. The Bertz CT molecular complexity index is 699. The van der Waals surface area contributed by atoms with Crippen LogP contribution in [-0.4, -0.2) is 6.10 Å². The topological polar surface area (TPSA) is 9.23 Å². The first-order chi connectivity index (χ1) is 14.6. The highest BCUT2D eigenvalue weighted by Crippen LogP contribution is 2.43. The molecular weight excluding hydrogens is 378 g/mol. The van der Waals surface area contributed by atoms with Gasteiger partial charge in [0.1, 0.15) is 0 Å². The third-order valence-corrected chi connectivity index (χ3v) is 8.56. The summed E-state index contributed by atoms with van der Waals surface area (Å²) in [5, 5.41) is 0. The summed E-state index contributed by atoms with van der Waals surface area (Å²) < 4.78 is 35.4. The van der Waals surface area contributed by atoms with Crippen molar-refractivity contribution in [2.24, 2.45) is 17.8 Å². The Morgan fingerprint density at radius 2 is 1.37 bits per heavy atom. The van der Waals surface area contributed by atoms with E-state index in [1.54, 1.807) is 0 Å². The van der Waals surface area contributed by atoms with E-state index in [0.29, 0.717) is 5.56 Å². The van der Waals surface area contributed by atoms with Crippen molar-refractivity contribution >= 4 is 0 Å². The second-order valence-corrected chi connectivity index (χ2v) is 10.4. The molecule has 4 rings (SSSR count). The largest absolute Gasteiger partial charge is 0.487 e. The van der Waals surface area contributed by atoms with Gasteiger partial charge in [-0.2, -0.15) is 4.39 Å². The molecule has 0 saturated heterocycles.